The first-order valence-corrected chi connectivity index (χ1v) is 8.00. The summed E-state index contributed by atoms with van der Waals surface area (Å²) < 4.78 is 5.42. The molecule has 0 heterocycles. The lowest BCUT2D eigenvalue weighted by Crippen LogP contribution is -2.28. The van der Waals surface area contributed by atoms with E-state index >= 15 is 0 Å². The molecular formula is C20H19NO3. The summed E-state index contributed by atoms with van der Waals surface area (Å²) in [5, 5.41) is 2.68. The Morgan fingerprint density at radius 2 is 1.92 bits per heavy atom. The zero-order chi connectivity index (χ0) is 16.9. The van der Waals surface area contributed by atoms with Gasteiger partial charge in [-0.3, -0.25) is 9.59 Å². The fourth-order valence-electron chi connectivity index (χ4n) is 2.73. The lowest BCUT2D eigenvalue weighted by molar-refractivity contribution is -0.122. The highest BCUT2D eigenvalue weighted by molar-refractivity contribution is 6.15. The van der Waals surface area contributed by atoms with Gasteiger partial charge in [0.1, 0.15) is 5.75 Å². The molecule has 1 N–H and O–H groups in total. The minimum absolute atomic E-state index is 0.00205. The second-order valence-corrected chi connectivity index (χ2v) is 5.64. The molecule has 0 saturated carbocycles. The zero-order valence-electron chi connectivity index (χ0n) is 13.5. The van der Waals surface area contributed by atoms with Gasteiger partial charge in [-0.05, 0) is 36.3 Å². The van der Waals surface area contributed by atoms with Crippen LogP contribution >= 0.6 is 0 Å². The summed E-state index contributed by atoms with van der Waals surface area (Å²) in [6, 6.07) is 15.1. The van der Waals surface area contributed by atoms with Crippen LogP contribution in [0.25, 0.3) is 6.08 Å². The van der Waals surface area contributed by atoms with E-state index in [1.54, 1.807) is 12.1 Å². The second-order valence-electron chi connectivity index (χ2n) is 5.64. The summed E-state index contributed by atoms with van der Waals surface area (Å²) in [5.74, 6) is 0.588. The number of allylic oxidation sites excluding steroid dienone is 1. The van der Waals surface area contributed by atoms with E-state index in [0.717, 1.165) is 22.3 Å². The van der Waals surface area contributed by atoms with Crippen LogP contribution in [-0.4, -0.2) is 24.8 Å². The molecule has 1 aliphatic carbocycles. The quantitative estimate of drug-likeness (QED) is 0.861. The minimum Gasteiger partial charge on any atom is -0.484 e. The zero-order valence-corrected chi connectivity index (χ0v) is 13.5. The van der Waals surface area contributed by atoms with E-state index in [-0.39, 0.29) is 18.3 Å². The van der Waals surface area contributed by atoms with Crippen molar-refractivity contribution in [2.24, 2.45) is 0 Å². The Morgan fingerprint density at radius 1 is 1.17 bits per heavy atom. The summed E-state index contributed by atoms with van der Waals surface area (Å²) in [6.45, 7) is 2.45. The number of rotatable bonds is 5. The average molecular weight is 321 g/mol. The molecule has 0 bridgehead atoms. The Labute approximate surface area is 141 Å². The number of amides is 1. The number of ketones is 1. The van der Waals surface area contributed by atoms with Crippen LogP contribution in [0, 0.1) is 0 Å². The molecule has 0 aromatic heterocycles. The van der Waals surface area contributed by atoms with Crippen molar-refractivity contribution in [2.75, 3.05) is 13.2 Å². The maximum atomic E-state index is 12.4. The highest BCUT2D eigenvalue weighted by Gasteiger charge is 2.23. The van der Waals surface area contributed by atoms with Crippen LogP contribution in [0.1, 0.15) is 28.4 Å². The highest BCUT2D eigenvalue weighted by Crippen LogP contribution is 2.27. The number of fused-ring (bicyclic) bond motifs is 1. The van der Waals surface area contributed by atoms with Crippen LogP contribution in [0.4, 0.5) is 0 Å². The molecule has 0 saturated heterocycles. The van der Waals surface area contributed by atoms with Crippen molar-refractivity contribution >= 4 is 17.8 Å². The van der Waals surface area contributed by atoms with Crippen molar-refractivity contribution in [3.05, 3.63) is 70.8 Å². The Balaban J connectivity index is 1.67. The molecule has 24 heavy (non-hydrogen) atoms. The Hall–Kier alpha value is -2.88. The summed E-state index contributed by atoms with van der Waals surface area (Å²) in [5.41, 5.74) is 3.62. The fourth-order valence-corrected chi connectivity index (χ4v) is 2.73. The van der Waals surface area contributed by atoms with Gasteiger partial charge in [-0.1, -0.05) is 36.4 Å². The molecule has 0 radical (unpaired) electrons. The van der Waals surface area contributed by atoms with Gasteiger partial charge < -0.3 is 10.1 Å². The summed E-state index contributed by atoms with van der Waals surface area (Å²) in [4.78, 5) is 23.7. The average Bonchev–Trinajstić information content (AvgIpc) is 2.91. The van der Waals surface area contributed by atoms with Crippen LogP contribution in [0.3, 0.4) is 0 Å². The number of likely N-dealkylation sites (N-methyl/N-ethyl adjacent to an activating group) is 1. The lowest BCUT2D eigenvalue weighted by atomic mass is 10.1. The number of ether oxygens (including phenoxy) is 1. The van der Waals surface area contributed by atoms with E-state index in [1.807, 2.05) is 49.4 Å². The van der Waals surface area contributed by atoms with Crippen LogP contribution in [0.5, 0.6) is 5.75 Å². The predicted molar refractivity (Wildman–Crippen MR) is 93.1 cm³/mol. The molecule has 0 unspecified atom stereocenters. The number of carbonyl (C=O) groups is 2. The molecule has 2 aromatic rings. The summed E-state index contributed by atoms with van der Waals surface area (Å²) in [6.07, 6.45) is 2.58. The van der Waals surface area contributed by atoms with Gasteiger partial charge in [0.15, 0.2) is 12.4 Å². The van der Waals surface area contributed by atoms with Crippen LogP contribution in [0.15, 0.2) is 54.1 Å². The van der Waals surface area contributed by atoms with E-state index in [0.29, 0.717) is 18.7 Å². The monoisotopic (exact) mass is 321 g/mol. The van der Waals surface area contributed by atoms with Crippen molar-refractivity contribution in [1.82, 2.24) is 5.32 Å². The molecule has 2 aromatic carbocycles. The van der Waals surface area contributed by atoms with Crippen molar-refractivity contribution < 1.29 is 14.3 Å². The van der Waals surface area contributed by atoms with Crippen molar-refractivity contribution in [1.29, 1.82) is 0 Å². The van der Waals surface area contributed by atoms with E-state index in [1.165, 1.54) is 0 Å². The molecule has 0 spiro atoms. The number of Topliss-reactive ketones (excluding diaryl/α,β-unsaturated/α-hetero) is 1. The molecule has 4 nitrogen and oxygen atoms in total. The number of benzene rings is 2. The maximum absolute atomic E-state index is 12.4. The molecule has 3 rings (SSSR count). The number of carbonyl (C=O) groups excluding carboxylic acids is 2. The van der Waals surface area contributed by atoms with Crippen LogP contribution in [0.2, 0.25) is 0 Å². The molecule has 122 valence electrons. The molecule has 1 amide bonds. The first-order chi connectivity index (χ1) is 11.7. The van der Waals surface area contributed by atoms with Gasteiger partial charge in [-0.2, -0.15) is 0 Å². The van der Waals surface area contributed by atoms with E-state index in [9.17, 15) is 9.59 Å². The van der Waals surface area contributed by atoms with Crippen molar-refractivity contribution in [2.45, 2.75) is 13.3 Å². The molecule has 0 atom stereocenters. The molecular weight excluding hydrogens is 302 g/mol. The molecule has 1 aliphatic rings. The first-order valence-electron chi connectivity index (χ1n) is 8.00. The largest absolute Gasteiger partial charge is 0.484 e. The highest BCUT2D eigenvalue weighted by atomic mass is 16.5. The maximum Gasteiger partial charge on any atom is 0.257 e. The van der Waals surface area contributed by atoms with Crippen LogP contribution < -0.4 is 10.1 Å². The summed E-state index contributed by atoms with van der Waals surface area (Å²) >= 11 is 0. The topological polar surface area (TPSA) is 55.4 Å². The molecule has 0 aliphatic heterocycles. The third kappa shape index (κ3) is 3.54. The number of hydrogen-bond acceptors (Lipinski definition) is 3. The lowest BCUT2D eigenvalue weighted by Gasteiger charge is -2.06. The van der Waals surface area contributed by atoms with Gasteiger partial charge in [0.05, 0.1) is 0 Å². The predicted octanol–water partition coefficient (Wildman–Crippen LogP) is 3.02. The van der Waals surface area contributed by atoms with Gasteiger partial charge in [-0.25, -0.2) is 0 Å². The van der Waals surface area contributed by atoms with Gasteiger partial charge in [0.25, 0.3) is 5.91 Å². The molecule has 4 heteroatoms. The number of hydrogen-bond donors (Lipinski definition) is 1. The second kappa shape index (κ2) is 7.13. The Kier molecular flexibility index (Phi) is 4.75. The number of nitrogens with one attached hydrogen (secondary N) is 1. The van der Waals surface area contributed by atoms with Gasteiger partial charge >= 0.3 is 0 Å². The Morgan fingerprint density at radius 3 is 2.62 bits per heavy atom. The smallest absolute Gasteiger partial charge is 0.257 e. The molecule has 0 fully saturated rings. The Bertz CT molecular complexity index is 791. The van der Waals surface area contributed by atoms with E-state index in [2.05, 4.69) is 5.32 Å². The van der Waals surface area contributed by atoms with Gasteiger partial charge in [0, 0.05) is 24.1 Å². The van der Waals surface area contributed by atoms with Crippen LogP contribution in [-0.2, 0) is 11.2 Å². The standard InChI is InChI=1S/C20H19NO3/c1-2-21-19(22)13-24-17-9-7-14(8-10-17)11-16-12-15-5-3-4-6-18(15)20(16)23/h3-11H,2,12-13H2,1H3,(H,21,22)/b16-11-. The van der Waals surface area contributed by atoms with E-state index < -0.39 is 0 Å². The fraction of sp³-hybridized carbons (Fsp3) is 0.200. The van der Waals surface area contributed by atoms with Crippen molar-refractivity contribution in [3.8, 4) is 5.75 Å². The first kappa shape index (κ1) is 16.0. The van der Waals surface area contributed by atoms with E-state index in [4.69, 9.17) is 4.74 Å². The SMILES string of the molecule is CCNC(=O)COc1ccc(/C=C2/Cc3ccccc3C2=O)cc1. The minimum atomic E-state index is -0.141. The third-order valence-electron chi connectivity index (χ3n) is 3.90. The van der Waals surface area contributed by atoms with Crippen molar-refractivity contribution in [3.63, 3.8) is 0 Å². The van der Waals surface area contributed by atoms with Gasteiger partial charge in [-0.15, -0.1) is 0 Å². The third-order valence-corrected chi connectivity index (χ3v) is 3.90. The summed E-state index contributed by atoms with van der Waals surface area (Å²) in [7, 11) is 0. The normalized spacial score (nSPS) is 14.5. The van der Waals surface area contributed by atoms with Gasteiger partial charge in [0.2, 0.25) is 0 Å².